The van der Waals surface area contributed by atoms with E-state index < -0.39 is 16.0 Å². The van der Waals surface area contributed by atoms with E-state index in [1.165, 1.54) is 34.5 Å². The first kappa shape index (κ1) is 22.4. The number of hydrogen-bond donors (Lipinski definition) is 1. The number of carbonyl (C=O) groups is 1. The van der Waals surface area contributed by atoms with Crippen LogP contribution in [0.15, 0.2) is 23.1 Å². The first-order valence-electron chi connectivity index (χ1n) is 8.63. The van der Waals surface area contributed by atoms with Crippen LogP contribution in [-0.2, 0) is 14.8 Å². The molecule has 0 atom stereocenters. The third-order valence-electron chi connectivity index (χ3n) is 4.35. The molecule has 0 saturated heterocycles. The van der Waals surface area contributed by atoms with Gasteiger partial charge >= 0.3 is 5.97 Å². The van der Waals surface area contributed by atoms with Crippen LogP contribution in [0, 0.1) is 20.8 Å². The number of ether oxygens (including phenoxy) is 4. The quantitative estimate of drug-likeness (QED) is 0.683. The minimum Gasteiger partial charge on any atom is -0.493 e. The second kappa shape index (κ2) is 8.60. The van der Waals surface area contributed by atoms with Gasteiger partial charge in [0, 0.05) is 6.07 Å². The highest BCUT2D eigenvalue weighted by Crippen LogP contribution is 2.46. The molecule has 0 amide bonds. The molecule has 2 aromatic rings. The first-order valence-corrected chi connectivity index (χ1v) is 10.1. The minimum atomic E-state index is -4.07. The Bertz CT molecular complexity index is 1020. The summed E-state index contributed by atoms with van der Waals surface area (Å²) >= 11 is 0. The van der Waals surface area contributed by atoms with Crippen LogP contribution < -0.4 is 18.9 Å². The van der Waals surface area contributed by atoms with E-state index in [1.54, 1.807) is 26.0 Å². The van der Waals surface area contributed by atoms with Crippen LogP contribution in [0.5, 0.6) is 17.2 Å². The van der Waals surface area contributed by atoms with Crippen molar-refractivity contribution in [2.45, 2.75) is 25.7 Å². The van der Waals surface area contributed by atoms with Gasteiger partial charge < -0.3 is 18.9 Å². The van der Waals surface area contributed by atoms with E-state index in [-0.39, 0.29) is 33.4 Å². The van der Waals surface area contributed by atoms with Crippen molar-refractivity contribution in [2.75, 3.05) is 33.2 Å². The lowest BCUT2D eigenvalue weighted by molar-refractivity contribution is 0.0601. The molecule has 0 aliphatic carbocycles. The van der Waals surface area contributed by atoms with Crippen LogP contribution in [0.3, 0.4) is 0 Å². The average Bonchev–Trinajstić information content (AvgIpc) is 2.65. The molecule has 0 fully saturated rings. The number of esters is 1. The number of anilines is 1. The third kappa shape index (κ3) is 4.24. The topological polar surface area (TPSA) is 100 Å². The molecule has 2 aromatic carbocycles. The number of carbonyl (C=O) groups excluding carboxylic acids is 1. The highest BCUT2D eigenvalue weighted by atomic mass is 32.2. The smallest absolute Gasteiger partial charge is 0.340 e. The second-order valence-electron chi connectivity index (χ2n) is 6.39. The predicted octanol–water partition coefficient (Wildman–Crippen LogP) is 3.23. The zero-order valence-electron chi connectivity index (χ0n) is 17.5. The average molecular weight is 423 g/mol. The zero-order chi connectivity index (χ0) is 21.9. The SMILES string of the molecule is COC(=O)c1cc(OC)c(OC)c(OC)c1NS(=O)(=O)c1c(C)cc(C)cc1C. The summed E-state index contributed by atoms with van der Waals surface area (Å²) in [4.78, 5) is 12.5. The fourth-order valence-electron chi connectivity index (χ4n) is 3.30. The van der Waals surface area contributed by atoms with Crippen LogP contribution in [0.4, 0.5) is 5.69 Å². The minimum absolute atomic E-state index is 0.00163. The number of rotatable bonds is 7. The Morgan fingerprint density at radius 1 is 0.862 bits per heavy atom. The molecule has 0 heterocycles. The molecule has 0 aliphatic rings. The maximum atomic E-state index is 13.2. The van der Waals surface area contributed by atoms with Gasteiger partial charge in [-0.2, -0.15) is 0 Å². The third-order valence-corrected chi connectivity index (χ3v) is 6.00. The van der Waals surface area contributed by atoms with Gasteiger partial charge in [-0.15, -0.1) is 0 Å². The Morgan fingerprint density at radius 2 is 1.41 bits per heavy atom. The lowest BCUT2D eigenvalue weighted by Crippen LogP contribution is -2.19. The summed E-state index contributed by atoms with van der Waals surface area (Å²) in [5.41, 5.74) is 1.92. The van der Waals surface area contributed by atoms with E-state index >= 15 is 0 Å². The Hall–Kier alpha value is -2.94. The molecule has 0 saturated carbocycles. The largest absolute Gasteiger partial charge is 0.493 e. The molecule has 0 aliphatic heterocycles. The molecule has 0 aromatic heterocycles. The standard InChI is InChI=1S/C20H25NO7S/c1-11-8-12(2)19(13(3)9-11)29(23,24)21-16-14(20(22)28-7)10-15(25-4)17(26-5)18(16)27-6/h8-10,21H,1-7H3. The Balaban J connectivity index is 2.78. The number of aryl methyl sites for hydroxylation is 3. The molecule has 0 unspecified atom stereocenters. The van der Waals surface area contributed by atoms with Crippen molar-refractivity contribution in [1.29, 1.82) is 0 Å². The Labute approximate surface area is 170 Å². The van der Waals surface area contributed by atoms with Gasteiger partial charge in [-0.25, -0.2) is 13.2 Å². The van der Waals surface area contributed by atoms with Crippen LogP contribution >= 0.6 is 0 Å². The summed E-state index contributed by atoms with van der Waals surface area (Å²) < 4.78 is 49.7. The summed E-state index contributed by atoms with van der Waals surface area (Å²) in [6, 6.07) is 4.88. The molecule has 1 N–H and O–H groups in total. The highest BCUT2D eigenvalue weighted by molar-refractivity contribution is 7.92. The van der Waals surface area contributed by atoms with Crippen LogP contribution in [0.1, 0.15) is 27.0 Å². The summed E-state index contributed by atoms with van der Waals surface area (Å²) in [7, 11) is 1.23. The van der Waals surface area contributed by atoms with Crippen molar-refractivity contribution in [3.63, 3.8) is 0 Å². The molecular formula is C20H25NO7S. The summed E-state index contributed by atoms with van der Waals surface area (Å²) in [5, 5.41) is 0. The molecule has 0 radical (unpaired) electrons. The van der Waals surface area contributed by atoms with Gasteiger partial charge in [0.15, 0.2) is 11.5 Å². The van der Waals surface area contributed by atoms with Crippen molar-refractivity contribution in [3.05, 3.63) is 40.5 Å². The first-order chi connectivity index (χ1) is 13.6. The molecule has 8 nitrogen and oxygen atoms in total. The summed E-state index contributed by atoms with van der Waals surface area (Å²) in [6.07, 6.45) is 0. The number of hydrogen-bond acceptors (Lipinski definition) is 7. The van der Waals surface area contributed by atoms with Gasteiger partial charge in [-0.05, 0) is 31.9 Å². The van der Waals surface area contributed by atoms with E-state index in [4.69, 9.17) is 18.9 Å². The lowest BCUT2D eigenvalue weighted by atomic mass is 10.1. The molecule has 0 spiro atoms. The fourth-order valence-corrected chi connectivity index (χ4v) is 4.84. The molecule has 29 heavy (non-hydrogen) atoms. The van der Waals surface area contributed by atoms with Crippen molar-refractivity contribution < 1.29 is 32.2 Å². The van der Waals surface area contributed by atoms with Crippen molar-refractivity contribution in [3.8, 4) is 17.2 Å². The highest BCUT2D eigenvalue weighted by Gasteiger charge is 2.29. The van der Waals surface area contributed by atoms with E-state index in [9.17, 15) is 13.2 Å². The van der Waals surface area contributed by atoms with Crippen LogP contribution in [-0.4, -0.2) is 42.8 Å². The summed E-state index contributed by atoms with van der Waals surface area (Å²) in [6.45, 7) is 5.31. The van der Waals surface area contributed by atoms with Crippen LogP contribution in [0.2, 0.25) is 0 Å². The lowest BCUT2D eigenvalue weighted by Gasteiger charge is -2.20. The molecule has 158 valence electrons. The van der Waals surface area contributed by atoms with Gasteiger partial charge in [0.1, 0.15) is 5.69 Å². The maximum Gasteiger partial charge on any atom is 0.340 e. The Kier molecular flexibility index (Phi) is 6.63. The van der Waals surface area contributed by atoms with Gasteiger partial charge in [0.05, 0.1) is 38.9 Å². The molecule has 2 rings (SSSR count). The zero-order valence-corrected chi connectivity index (χ0v) is 18.3. The summed E-state index contributed by atoms with van der Waals surface area (Å²) in [5.74, 6) is -0.439. The van der Waals surface area contributed by atoms with Gasteiger partial charge in [-0.1, -0.05) is 17.7 Å². The van der Waals surface area contributed by atoms with Gasteiger partial charge in [-0.3, -0.25) is 4.72 Å². The van der Waals surface area contributed by atoms with Gasteiger partial charge in [0.25, 0.3) is 10.0 Å². The van der Waals surface area contributed by atoms with Gasteiger partial charge in [0.2, 0.25) is 5.75 Å². The molecule has 0 bridgehead atoms. The molecular weight excluding hydrogens is 398 g/mol. The number of methoxy groups -OCH3 is 4. The van der Waals surface area contributed by atoms with E-state index in [0.717, 1.165) is 5.56 Å². The van der Waals surface area contributed by atoms with E-state index in [1.807, 2.05) is 6.92 Å². The van der Waals surface area contributed by atoms with Crippen molar-refractivity contribution in [2.24, 2.45) is 0 Å². The fraction of sp³-hybridized carbons (Fsp3) is 0.350. The normalized spacial score (nSPS) is 11.0. The number of sulfonamides is 1. The molecule has 9 heteroatoms. The van der Waals surface area contributed by atoms with E-state index in [0.29, 0.717) is 11.1 Å². The maximum absolute atomic E-state index is 13.2. The monoisotopic (exact) mass is 423 g/mol. The predicted molar refractivity (Wildman–Crippen MR) is 109 cm³/mol. The van der Waals surface area contributed by atoms with E-state index in [2.05, 4.69) is 4.72 Å². The second-order valence-corrected chi connectivity index (χ2v) is 8.01. The van der Waals surface area contributed by atoms with Crippen molar-refractivity contribution >= 4 is 21.7 Å². The Morgan fingerprint density at radius 3 is 1.86 bits per heavy atom. The van der Waals surface area contributed by atoms with Crippen LogP contribution in [0.25, 0.3) is 0 Å². The van der Waals surface area contributed by atoms with Crippen molar-refractivity contribution in [1.82, 2.24) is 0 Å². The number of nitrogens with one attached hydrogen (secondary N) is 1. The number of benzene rings is 2.